The fourth-order valence-corrected chi connectivity index (χ4v) is 1.74. The minimum Gasteiger partial charge on any atom is -0.268 e. The van der Waals surface area contributed by atoms with E-state index in [9.17, 15) is 4.39 Å². The lowest BCUT2D eigenvalue weighted by molar-refractivity contribution is 0.623. The van der Waals surface area contributed by atoms with Crippen molar-refractivity contribution in [2.45, 2.75) is 19.8 Å². The zero-order valence-electron chi connectivity index (χ0n) is 9.74. The normalized spacial score (nSPS) is 11.1. The number of nitrogens with zero attached hydrogens (tertiary/aromatic N) is 2. The van der Waals surface area contributed by atoms with Gasteiger partial charge in [-0.25, -0.2) is 4.39 Å². The van der Waals surface area contributed by atoms with Crippen LogP contribution in [0.1, 0.15) is 25.3 Å². The van der Waals surface area contributed by atoms with Gasteiger partial charge in [-0.3, -0.25) is 4.68 Å². The summed E-state index contributed by atoms with van der Waals surface area (Å²) in [7, 11) is 1.81. The number of aryl methyl sites for hydroxylation is 1. The van der Waals surface area contributed by atoms with E-state index < -0.39 is 0 Å². The zero-order valence-corrected chi connectivity index (χ0v) is 9.74. The molecule has 84 valence electrons. The van der Waals surface area contributed by atoms with E-state index in [0.717, 1.165) is 11.3 Å². The molecule has 0 bridgehead atoms. The highest BCUT2D eigenvalue weighted by atomic mass is 19.1. The van der Waals surface area contributed by atoms with Crippen LogP contribution in [-0.2, 0) is 7.05 Å². The van der Waals surface area contributed by atoms with Crippen molar-refractivity contribution < 1.29 is 4.39 Å². The van der Waals surface area contributed by atoms with Crippen molar-refractivity contribution >= 4 is 0 Å². The van der Waals surface area contributed by atoms with Crippen molar-refractivity contribution in [2.75, 3.05) is 0 Å². The highest BCUT2D eigenvalue weighted by Crippen LogP contribution is 2.25. The molecule has 0 saturated carbocycles. The van der Waals surface area contributed by atoms with E-state index in [4.69, 9.17) is 0 Å². The fourth-order valence-electron chi connectivity index (χ4n) is 1.74. The molecule has 0 aliphatic carbocycles. The predicted octanol–water partition coefficient (Wildman–Crippen LogP) is 3.35. The van der Waals surface area contributed by atoms with Gasteiger partial charge in [0.2, 0.25) is 0 Å². The Labute approximate surface area is 94.7 Å². The monoisotopic (exact) mass is 218 g/mol. The second kappa shape index (κ2) is 4.08. The first kappa shape index (κ1) is 10.9. The van der Waals surface area contributed by atoms with Crippen LogP contribution in [0.15, 0.2) is 30.5 Å². The second-order valence-electron chi connectivity index (χ2n) is 4.23. The number of rotatable bonds is 2. The molecule has 0 amide bonds. The van der Waals surface area contributed by atoms with Gasteiger partial charge in [-0.15, -0.1) is 0 Å². The molecule has 0 unspecified atom stereocenters. The fraction of sp³-hybridized carbons (Fsp3) is 0.308. The Kier molecular flexibility index (Phi) is 2.77. The van der Waals surface area contributed by atoms with Crippen LogP contribution in [-0.4, -0.2) is 9.78 Å². The number of aromatic nitrogens is 2. The van der Waals surface area contributed by atoms with Crippen molar-refractivity contribution in [1.29, 1.82) is 0 Å². The van der Waals surface area contributed by atoms with Crippen molar-refractivity contribution in [3.05, 3.63) is 41.8 Å². The van der Waals surface area contributed by atoms with E-state index in [0.29, 0.717) is 11.5 Å². The van der Waals surface area contributed by atoms with Gasteiger partial charge >= 0.3 is 0 Å². The van der Waals surface area contributed by atoms with Crippen LogP contribution in [0.5, 0.6) is 0 Å². The Hall–Kier alpha value is -1.64. The van der Waals surface area contributed by atoms with Gasteiger partial charge in [-0.05, 0) is 29.7 Å². The molecule has 3 heteroatoms. The summed E-state index contributed by atoms with van der Waals surface area (Å²) < 4.78 is 15.6. The van der Waals surface area contributed by atoms with Crippen LogP contribution >= 0.6 is 0 Å². The second-order valence-corrected chi connectivity index (χ2v) is 4.23. The predicted molar refractivity (Wildman–Crippen MR) is 62.7 cm³/mol. The summed E-state index contributed by atoms with van der Waals surface area (Å²) in [4.78, 5) is 0. The Morgan fingerprint density at radius 2 is 2.00 bits per heavy atom. The Bertz CT molecular complexity index is 500. The Balaban J connectivity index is 2.48. The molecule has 0 fully saturated rings. The van der Waals surface area contributed by atoms with Gasteiger partial charge in [0.25, 0.3) is 0 Å². The highest BCUT2D eigenvalue weighted by molar-refractivity contribution is 5.60. The van der Waals surface area contributed by atoms with Crippen LogP contribution in [0, 0.1) is 5.82 Å². The van der Waals surface area contributed by atoms with Crippen LogP contribution in [0.25, 0.3) is 11.3 Å². The summed E-state index contributed by atoms with van der Waals surface area (Å²) in [6.45, 7) is 4.11. The largest absolute Gasteiger partial charge is 0.268 e. The minimum absolute atomic E-state index is 0.185. The van der Waals surface area contributed by atoms with Crippen molar-refractivity contribution in [3.8, 4) is 11.3 Å². The maximum absolute atomic E-state index is 13.9. The number of halogens is 1. The third kappa shape index (κ3) is 1.85. The highest BCUT2D eigenvalue weighted by Gasteiger charge is 2.10. The summed E-state index contributed by atoms with van der Waals surface area (Å²) in [6, 6.07) is 7.21. The first-order valence-corrected chi connectivity index (χ1v) is 5.37. The van der Waals surface area contributed by atoms with Crippen molar-refractivity contribution in [1.82, 2.24) is 9.78 Å². The molecule has 0 aliphatic rings. The molecule has 2 nitrogen and oxygen atoms in total. The molecule has 0 radical (unpaired) electrons. The quantitative estimate of drug-likeness (QED) is 0.755. The number of hydrogen-bond acceptors (Lipinski definition) is 1. The Morgan fingerprint density at radius 1 is 1.25 bits per heavy atom. The van der Waals surface area contributed by atoms with Crippen LogP contribution in [0.2, 0.25) is 0 Å². The maximum Gasteiger partial charge on any atom is 0.132 e. The first-order chi connectivity index (χ1) is 7.59. The van der Waals surface area contributed by atoms with E-state index in [1.807, 2.05) is 25.2 Å². The summed E-state index contributed by atoms with van der Waals surface area (Å²) in [5, 5.41) is 4.04. The molecule has 0 spiro atoms. The van der Waals surface area contributed by atoms with Gasteiger partial charge in [0, 0.05) is 18.8 Å². The van der Waals surface area contributed by atoms with Gasteiger partial charge in [-0.1, -0.05) is 19.9 Å². The maximum atomic E-state index is 13.9. The molecular formula is C13H15FN2. The van der Waals surface area contributed by atoms with E-state index in [-0.39, 0.29) is 5.82 Å². The lowest BCUT2D eigenvalue weighted by atomic mass is 10.0. The van der Waals surface area contributed by atoms with Crippen molar-refractivity contribution in [2.24, 2.45) is 7.05 Å². The molecule has 1 aromatic carbocycles. The van der Waals surface area contributed by atoms with Crippen molar-refractivity contribution in [3.63, 3.8) is 0 Å². The molecule has 1 heterocycles. The first-order valence-electron chi connectivity index (χ1n) is 5.37. The molecule has 16 heavy (non-hydrogen) atoms. The van der Waals surface area contributed by atoms with Crippen LogP contribution in [0.4, 0.5) is 4.39 Å². The topological polar surface area (TPSA) is 17.8 Å². The van der Waals surface area contributed by atoms with Crippen LogP contribution < -0.4 is 0 Å². The average molecular weight is 218 g/mol. The summed E-state index contributed by atoms with van der Waals surface area (Å²) >= 11 is 0. The summed E-state index contributed by atoms with van der Waals surface area (Å²) in [5.74, 6) is 0.157. The molecule has 0 saturated heterocycles. The third-order valence-electron chi connectivity index (χ3n) is 2.76. The molecule has 2 aromatic rings. The summed E-state index contributed by atoms with van der Waals surface area (Å²) in [6.07, 6.45) is 1.67. The number of benzene rings is 1. The molecular weight excluding hydrogens is 203 g/mol. The molecule has 0 N–H and O–H groups in total. The lowest BCUT2D eigenvalue weighted by Crippen LogP contribution is -1.97. The SMILES string of the molecule is CC(C)c1ccc(-c2ccnn2C)c(F)c1. The van der Waals surface area contributed by atoms with E-state index in [1.54, 1.807) is 16.9 Å². The lowest BCUT2D eigenvalue weighted by Gasteiger charge is -2.08. The Morgan fingerprint density at radius 3 is 2.50 bits per heavy atom. The van der Waals surface area contributed by atoms with Gasteiger partial charge < -0.3 is 0 Å². The standard InChI is InChI=1S/C13H15FN2/c1-9(2)10-4-5-11(12(14)8-10)13-6-7-15-16(13)3/h4-9H,1-3H3. The van der Waals surface area contributed by atoms with Crippen LogP contribution in [0.3, 0.4) is 0 Å². The molecule has 0 aliphatic heterocycles. The molecule has 2 rings (SSSR count). The summed E-state index contributed by atoms with van der Waals surface area (Å²) in [5.41, 5.74) is 2.42. The third-order valence-corrected chi connectivity index (χ3v) is 2.76. The average Bonchev–Trinajstić information content (AvgIpc) is 2.64. The minimum atomic E-state index is -0.185. The van der Waals surface area contributed by atoms with Gasteiger partial charge in [0.15, 0.2) is 0 Å². The number of hydrogen-bond donors (Lipinski definition) is 0. The molecule has 0 atom stereocenters. The molecule has 1 aromatic heterocycles. The van der Waals surface area contributed by atoms with E-state index >= 15 is 0 Å². The smallest absolute Gasteiger partial charge is 0.132 e. The van der Waals surface area contributed by atoms with Gasteiger partial charge in [0.1, 0.15) is 5.82 Å². The van der Waals surface area contributed by atoms with Gasteiger partial charge in [-0.2, -0.15) is 5.10 Å². The van der Waals surface area contributed by atoms with E-state index in [1.165, 1.54) is 0 Å². The van der Waals surface area contributed by atoms with E-state index in [2.05, 4.69) is 18.9 Å². The van der Waals surface area contributed by atoms with Gasteiger partial charge in [0.05, 0.1) is 5.69 Å². The zero-order chi connectivity index (χ0) is 11.7.